The number of rotatable bonds is 4. The average molecular weight is 230 g/mol. The Bertz CT molecular complexity index is 186. The Morgan fingerprint density at radius 2 is 1.00 bits per heavy atom. The third kappa shape index (κ3) is 5.80. The average Bonchev–Trinajstić information content (AvgIpc) is 2.03. The molecule has 1 fully saturated rings. The van der Waals surface area contributed by atoms with Crippen LogP contribution in [0.3, 0.4) is 0 Å². The SMILES string of the molecule is CC(C)(O)CN1CCN(CC(C)(C)O)CC1. The van der Waals surface area contributed by atoms with Crippen molar-refractivity contribution in [2.75, 3.05) is 39.3 Å². The fraction of sp³-hybridized carbons (Fsp3) is 1.00. The van der Waals surface area contributed by atoms with Crippen LogP contribution in [0, 0.1) is 0 Å². The van der Waals surface area contributed by atoms with E-state index in [0.29, 0.717) is 0 Å². The first-order chi connectivity index (χ1) is 7.16. The van der Waals surface area contributed by atoms with Gasteiger partial charge in [0.15, 0.2) is 0 Å². The van der Waals surface area contributed by atoms with Crippen molar-refractivity contribution in [2.24, 2.45) is 0 Å². The first kappa shape index (κ1) is 13.9. The molecule has 0 aliphatic carbocycles. The molecule has 0 amide bonds. The van der Waals surface area contributed by atoms with Gasteiger partial charge in [-0.05, 0) is 27.7 Å². The Balaban J connectivity index is 2.29. The Morgan fingerprint density at radius 1 is 0.750 bits per heavy atom. The number of nitrogens with zero attached hydrogens (tertiary/aromatic N) is 2. The molecule has 96 valence electrons. The molecule has 0 saturated carbocycles. The fourth-order valence-electron chi connectivity index (χ4n) is 2.20. The van der Waals surface area contributed by atoms with E-state index in [1.807, 2.05) is 27.7 Å². The number of aliphatic hydroxyl groups is 2. The second-order valence-electron chi connectivity index (χ2n) is 6.18. The van der Waals surface area contributed by atoms with Crippen LogP contribution in [0.25, 0.3) is 0 Å². The minimum Gasteiger partial charge on any atom is -0.389 e. The summed E-state index contributed by atoms with van der Waals surface area (Å²) in [6.07, 6.45) is 0. The van der Waals surface area contributed by atoms with Gasteiger partial charge in [0.05, 0.1) is 11.2 Å². The van der Waals surface area contributed by atoms with Gasteiger partial charge in [0.1, 0.15) is 0 Å². The highest BCUT2D eigenvalue weighted by Gasteiger charge is 2.25. The lowest BCUT2D eigenvalue weighted by molar-refractivity contribution is -0.00654. The predicted octanol–water partition coefficient (Wildman–Crippen LogP) is 0.146. The highest BCUT2D eigenvalue weighted by molar-refractivity contribution is 4.80. The second-order valence-corrected chi connectivity index (χ2v) is 6.18. The Hall–Kier alpha value is -0.160. The lowest BCUT2D eigenvalue weighted by atomic mass is 10.1. The van der Waals surface area contributed by atoms with Crippen LogP contribution in [-0.2, 0) is 0 Å². The number of β-amino-alcohol motifs (C(OH)–C–C–N with tert-alkyl or cyclic N) is 2. The van der Waals surface area contributed by atoms with Crippen molar-refractivity contribution >= 4 is 0 Å². The van der Waals surface area contributed by atoms with E-state index >= 15 is 0 Å². The summed E-state index contributed by atoms with van der Waals surface area (Å²) < 4.78 is 0. The van der Waals surface area contributed by atoms with Gasteiger partial charge in [0.2, 0.25) is 0 Å². The molecule has 0 unspecified atom stereocenters. The van der Waals surface area contributed by atoms with E-state index in [4.69, 9.17) is 0 Å². The van der Waals surface area contributed by atoms with Crippen LogP contribution < -0.4 is 0 Å². The zero-order chi connectivity index (χ0) is 12.4. The molecule has 1 rings (SSSR count). The van der Waals surface area contributed by atoms with Gasteiger partial charge in [-0.3, -0.25) is 9.80 Å². The van der Waals surface area contributed by atoms with Crippen LogP contribution in [0.5, 0.6) is 0 Å². The molecule has 2 N–H and O–H groups in total. The van der Waals surface area contributed by atoms with Crippen molar-refractivity contribution in [2.45, 2.75) is 38.9 Å². The number of hydrogen-bond acceptors (Lipinski definition) is 4. The summed E-state index contributed by atoms with van der Waals surface area (Å²) in [5.74, 6) is 0. The summed E-state index contributed by atoms with van der Waals surface area (Å²) >= 11 is 0. The molecular formula is C12H26N2O2. The maximum Gasteiger partial charge on any atom is 0.0718 e. The zero-order valence-electron chi connectivity index (χ0n) is 11.0. The first-order valence-electron chi connectivity index (χ1n) is 6.05. The molecule has 1 saturated heterocycles. The van der Waals surface area contributed by atoms with Crippen LogP contribution in [0.15, 0.2) is 0 Å². The minimum absolute atomic E-state index is 0.613. The highest BCUT2D eigenvalue weighted by atomic mass is 16.3. The van der Waals surface area contributed by atoms with Crippen molar-refractivity contribution in [3.8, 4) is 0 Å². The third-order valence-corrected chi connectivity index (χ3v) is 2.69. The van der Waals surface area contributed by atoms with Crippen LogP contribution >= 0.6 is 0 Å². The molecule has 0 aromatic rings. The molecule has 16 heavy (non-hydrogen) atoms. The topological polar surface area (TPSA) is 46.9 Å². The zero-order valence-corrected chi connectivity index (χ0v) is 11.0. The lowest BCUT2D eigenvalue weighted by Gasteiger charge is -2.39. The van der Waals surface area contributed by atoms with E-state index in [0.717, 1.165) is 39.3 Å². The molecule has 1 heterocycles. The van der Waals surface area contributed by atoms with E-state index in [2.05, 4.69) is 9.80 Å². The van der Waals surface area contributed by atoms with E-state index in [-0.39, 0.29) is 0 Å². The number of hydrogen-bond donors (Lipinski definition) is 2. The van der Waals surface area contributed by atoms with Gasteiger partial charge in [-0.15, -0.1) is 0 Å². The third-order valence-electron chi connectivity index (χ3n) is 2.69. The first-order valence-corrected chi connectivity index (χ1v) is 6.05. The van der Waals surface area contributed by atoms with Gasteiger partial charge in [0, 0.05) is 39.3 Å². The van der Waals surface area contributed by atoms with E-state index in [1.165, 1.54) is 0 Å². The van der Waals surface area contributed by atoms with Crippen LogP contribution in [0.2, 0.25) is 0 Å². The molecule has 0 aromatic heterocycles. The molecule has 0 aromatic carbocycles. The molecule has 1 aliphatic rings. The van der Waals surface area contributed by atoms with E-state index in [9.17, 15) is 10.2 Å². The van der Waals surface area contributed by atoms with Gasteiger partial charge in [-0.2, -0.15) is 0 Å². The Morgan fingerprint density at radius 3 is 1.19 bits per heavy atom. The van der Waals surface area contributed by atoms with Crippen molar-refractivity contribution in [3.05, 3.63) is 0 Å². The number of piperazine rings is 1. The van der Waals surface area contributed by atoms with Crippen molar-refractivity contribution < 1.29 is 10.2 Å². The molecule has 4 nitrogen and oxygen atoms in total. The van der Waals surface area contributed by atoms with Gasteiger partial charge in [0.25, 0.3) is 0 Å². The van der Waals surface area contributed by atoms with Crippen molar-refractivity contribution in [1.82, 2.24) is 9.80 Å². The van der Waals surface area contributed by atoms with Gasteiger partial charge >= 0.3 is 0 Å². The molecule has 4 heteroatoms. The predicted molar refractivity (Wildman–Crippen MR) is 65.5 cm³/mol. The highest BCUT2D eigenvalue weighted by Crippen LogP contribution is 2.11. The second kappa shape index (κ2) is 5.00. The van der Waals surface area contributed by atoms with E-state index in [1.54, 1.807) is 0 Å². The maximum absolute atomic E-state index is 9.73. The molecule has 0 radical (unpaired) electrons. The van der Waals surface area contributed by atoms with Crippen LogP contribution in [0.1, 0.15) is 27.7 Å². The molecule has 0 spiro atoms. The quantitative estimate of drug-likeness (QED) is 0.721. The van der Waals surface area contributed by atoms with Crippen molar-refractivity contribution in [1.29, 1.82) is 0 Å². The molecule has 0 atom stereocenters. The Kier molecular flexibility index (Phi) is 4.35. The normalized spacial score (nSPS) is 21.4. The summed E-state index contributed by atoms with van der Waals surface area (Å²) in [6, 6.07) is 0. The largest absolute Gasteiger partial charge is 0.389 e. The van der Waals surface area contributed by atoms with Crippen molar-refractivity contribution in [3.63, 3.8) is 0 Å². The summed E-state index contributed by atoms with van der Waals surface area (Å²) in [4.78, 5) is 4.56. The smallest absolute Gasteiger partial charge is 0.0718 e. The van der Waals surface area contributed by atoms with Crippen LogP contribution in [-0.4, -0.2) is 70.5 Å². The minimum atomic E-state index is -0.613. The van der Waals surface area contributed by atoms with Crippen LogP contribution in [0.4, 0.5) is 0 Å². The molecule has 1 aliphatic heterocycles. The standard InChI is InChI=1S/C12H26N2O2/c1-11(2,15)9-13-5-7-14(8-6-13)10-12(3,4)16/h15-16H,5-10H2,1-4H3. The van der Waals surface area contributed by atoms with Gasteiger partial charge in [-0.25, -0.2) is 0 Å². The van der Waals surface area contributed by atoms with Gasteiger partial charge < -0.3 is 10.2 Å². The monoisotopic (exact) mass is 230 g/mol. The maximum atomic E-state index is 9.73. The lowest BCUT2D eigenvalue weighted by Crippen LogP contribution is -2.53. The van der Waals surface area contributed by atoms with Gasteiger partial charge in [-0.1, -0.05) is 0 Å². The molecular weight excluding hydrogens is 204 g/mol. The summed E-state index contributed by atoms with van der Waals surface area (Å²) in [5.41, 5.74) is -1.23. The summed E-state index contributed by atoms with van der Waals surface area (Å²) in [6.45, 7) is 12.7. The summed E-state index contributed by atoms with van der Waals surface area (Å²) in [5, 5.41) is 19.5. The van der Waals surface area contributed by atoms with E-state index < -0.39 is 11.2 Å². The summed E-state index contributed by atoms with van der Waals surface area (Å²) in [7, 11) is 0. The molecule has 0 bridgehead atoms. The fourth-order valence-corrected chi connectivity index (χ4v) is 2.20. The Labute approximate surface area is 98.9 Å².